The predicted molar refractivity (Wildman–Crippen MR) is 27.8 cm³/mol. The van der Waals surface area contributed by atoms with Crippen molar-refractivity contribution in [3.63, 3.8) is 0 Å². The zero-order valence-corrected chi connectivity index (χ0v) is 5.33. The average molecular weight is 122 g/mol. The Labute approximate surface area is 52.4 Å². The van der Waals surface area contributed by atoms with Gasteiger partial charge in [-0.2, -0.15) is 0 Å². The molecule has 1 nitrogen and oxygen atoms in total. The van der Waals surface area contributed by atoms with Crippen LogP contribution < -0.4 is 17.7 Å². The Morgan fingerprint density at radius 1 is 1.71 bits per heavy atom. The predicted octanol–water partition coefficient (Wildman–Crippen LogP) is -2.27. The van der Waals surface area contributed by atoms with E-state index in [4.69, 9.17) is 0 Å². The Hall–Kier alpha value is 0.250. The molecule has 0 bridgehead atoms. The van der Waals surface area contributed by atoms with E-state index < -0.39 is 0 Å². The van der Waals surface area contributed by atoms with Crippen LogP contribution in [0.15, 0.2) is 0 Å². The van der Waals surface area contributed by atoms with Gasteiger partial charge < -0.3 is 17.7 Å². The first-order chi connectivity index (χ1) is 2.93. The van der Waals surface area contributed by atoms with E-state index in [-0.39, 0.29) is 13.8 Å². The molecule has 0 radical (unpaired) electrons. The molecular formula is C5H12ClN. The van der Waals surface area contributed by atoms with Gasteiger partial charge in [0.25, 0.3) is 0 Å². The summed E-state index contributed by atoms with van der Waals surface area (Å²) in [5.74, 6) is 1.04. The number of rotatable bonds is 2. The summed E-state index contributed by atoms with van der Waals surface area (Å²) in [6, 6.07) is 0. The Morgan fingerprint density at radius 2 is 2.29 bits per heavy atom. The molecule has 0 amide bonds. The molecule has 1 saturated carbocycles. The lowest BCUT2D eigenvalue weighted by atomic mass is 10.4. The van der Waals surface area contributed by atoms with Gasteiger partial charge in [-0.05, 0) is 32.4 Å². The molecule has 44 valence electrons. The van der Waals surface area contributed by atoms with E-state index >= 15 is 0 Å². The monoisotopic (exact) mass is 121 g/mol. The van der Waals surface area contributed by atoms with Crippen molar-refractivity contribution in [3.05, 3.63) is 0 Å². The fourth-order valence-corrected chi connectivity index (χ4v) is 0.611. The van der Waals surface area contributed by atoms with Gasteiger partial charge in [0.1, 0.15) is 0 Å². The zero-order valence-electron chi connectivity index (χ0n) is 5.58. The van der Waals surface area contributed by atoms with Gasteiger partial charge in [0, 0.05) is 0 Å². The first-order valence-electron chi connectivity index (χ1n) is 2.58. The largest absolute Gasteiger partial charge is 1.00 e. The van der Waals surface area contributed by atoms with E-state index in [1.807, 2.05) is 7.05 Å². The van der Waals surface area contributed by atoms with E-state index in [2.05, 4.69) is 5.32 Å². The minimum Gasteiger partial charge on any atom is -1.00 e. The first-order valence-corrected chi connectivity index (χ1v) is 2.58. The van der Waals surface area contributed by atoms with Gasteiger partial charge >= 0.3 is 1.43 Å². The number of hydrogen-bond acceptors (Lipinski definition) is 1. The molecule has 0 heterocycles. The summed E-state index contributed by atoms with van der Waals surface area (Å²) in [6.45, 7) is 1.24. The van der Waals surface area contributed by atoms with Crippen molar-refractivity contribution in [1.29, 1.82) is 0 Å². The standard InChI is InChI=1S/C5H11N.ClH/c1-6-4-5-2-3-5;/h5-6H,2-4H2,1H3;1H. The van der Waals surface area contributed by atoms with Crippen molar-refractivity contribution in [1.82, 2.24) is 5.32 Å². The zero-order chi connectivity index (χ0) is 4.41. The summed E-state index contributed by atoms with van der Waals surface area (Å²) in [6.07, 6.45) is 2.92. The summed E-state index contributed by atoms with van der Waals surface area (Å²) >= 11 is 0. The van der Waals surface area contributed by atoms with E-state index in [0.717, 1.165) is 5.92 Å². The van der Waals surface area contributed by atoms with Crippen LogP contribution in [0.3, 0.4) is 0 Å². The van der Waals surface area contributed by atoms with Crippen LogP contribution in [0.25, 0.3) is 0 Å². The van der Waals surface area contributed by atoms with Crippen molar-refractivity contribution in [3.8, 4) is 0 Å². The van der Waals surface area contributed by atoms with Crippen LogP contribution in [0, 0.1) is 5.92 Å². The van der Waals surface area contributed by atoms with Crippen LogP contribution in [0.5, 0.6) is 0 Å². The van der Waals surface area contributed by atoms with Crippen LogP contribution in [-0.4, -0.2) is 13.6 Å². The van der Waals surface area contributed by atoms with Crippen molar-refractivity contribution < 1.29 is 13.8 Å². The number of hydrogen-bond donors (Lipinski definition) is 1. The maximum absolute atomic E-state index is 3.13. The van der Waals surface area contributed by atoms with Crippen LogP contribution in [0.4, 0.5) is 0 Å². The van der Waals surface area contributed by atoms with Gasteiger partial charge in [-0.15, -0.1) is 0 Å². The fourth-order valence-electron chi connectivity index (χ4n) is 0.611. The number of nitrogens with one attached hydrogen (secondary N) is 1. The summed E-state index contributed by atoms with van der Waals surface area (Å²) in [5, 5.41) is 3.13. The van der Waals surface area contributed by atoms with Gasteiger partial charge in [-0.25, -0.2) is 0 Å². The molecule has 0 atom stereocenters. The van der Waals surface area contributed by atoms with Crippen molar-refractivity contribution in [2.75, 3.05) is 13.6 Å². The molecule has 2 heteroatoms. The van der Waals surface area contributed by atoms with Crippen LogP contribution in [0.2, 0.25) is 0 Å². The van der Waals surface area contributed by atoms with Gasteiger partial charge in [-0.1, -0.05) is 0 Å². The minimum atomic E-state index is 0. The fraction of sp³-hybridized carbons (Fsp3) is 1.00. The molecule has 7 heavy (non-hydrogen) atoms. The van der Waals surface area contributed by atoms with Crippen molar-refractivity contribution >= 4 is 0 Å². The molecule has 1 N–H and O–H groups in total. The third kappa shape index (κ3) is 2.89. The number of halogens is 1. The Morgan fingerprint density at radius 3 is 2.43 bits per heavy atom. The SMILES string of the molecule is CNCC1CC1.[Cl-].[H+]. The lowest BCUT2D eigenvalue weighted by Crippen LogP contribution is -3.00. The molecule has 0 aromatic carbocycles. The van der Waals surface area contributed by atoms with Gasteiger partial charge in [0.2, 0.25) is 0 Å². The van der Waals surface area contributed by atoms with E-state index in [9.17, 15) is 0 Å². The highest BCUT2D eigenvalue weighted by Crippen LogP contribution is 2.27. The van der Waals surface area contributed by atoms with Crippen LogP contribution in [0.1, 0.15) is 14.3 Å². The molecule has 0 spiro atoms. The normalized spacial score (nSPS) is 18.4. The molecule has 0 aliphatic heterocycles. The smallest absolute Gasteiger partial charge is 1.00 e. The average Bonchev–Trinajstić information content (AvgIpc) is 2.21. The summed E-state index contributed by atoms with van der Waals surface area (Å²) in [5.41, 5.74) is 0. The summed E-state index contributed by atoms with van der Waals surface area (Å²) in [7, 11) is 2.01. The minimum absolute atomic E-state index is 0. The van der Waals surface area contributed by atoms with E-state index in [0.29, 0.717) is 0 Å². The van der Waals surface area contributed by atoms with Gasteiger partial charge in [0.05, 0.1) is 0 Å². The molecule has 1 aliphatic carbocycles. The molecule has 0 saturated heterocycles. The van der Waals surface area contributed by atoms with Crippen molar-refractivity contribution in [2.24, 2.45) is 5.92 Å². The summed E-state index contributed by atoms with van der Waals surface area (Å²) < 4.78 is 0. The second-order valence-electron chi connectivity index (χ2n) is 2.00. The molecule has 0 unspecified atom stereocenters. The molecular weight excluding hydrogens is 110 g/mol. The first kappa shape index (κ1) is 7.25. The highest BCUT2D eigenvalue weighted by atomic mass is 35.5. The highest BCUT2D eigenvalue weighted by molar-refractivity contribution is 4.73. The quantitative estimate of drug-likeness (QED) is 0.435. The van der Waals surface area contributed by atoms with E-state index in [1.54, 1.807) is 0 Å². The maximum Gasteiger partial charge on any atom is 1.00 e. The van der Waals surface area contributed by atoms with Gasteiger partial charge in [-0.3, -0.25) is 0 Å². The molecule has 1 rings (SSSR count). The topological polar surface area (TPSA) is 12.0 Å². The Balaban J connectivity index is 0. The third-order valence-electron chi connectivity index (χ3n) is 1.19. The lowest BCUT2D eigenvalue weighted by Gasteiger charge is -1.87. The molecule has 0 aromatic heterocycles. The second kappa shape index (κ2) is 3.28. The van der Waals surface area contributed by atoms with E-state index in [1.165, 1.54) is 19.4 Å². The Kier molecular flexibility index (Phi) is 3.39. The lowest BCUT2D eigenvalue weighted by molar-refractivity contribution is -0.00000136. The molecule has 1 aliphatic rings. The third-order valence-corrected chi connectivity index (χ3v) is 1.19. The Bertz CT molecular complexity index is 47.7. The molecule has 1 fully saturated rings. The molecule has 0 aromatic rings. The van der Waals surface area contributed by atoms with Gasteiger partial charge in [0.15, 0.2) is 0 Å². The summed E-state index contributed by atoms with van der Waals surface area (Å²) in [4.78, 5) is 0. The van der Waals surface area contributed by atoms with Crippen LogP contribution in [-0.2, 0) is 0 Å². The highest BCUT2D eigenvalue weighted by Gasteiger charge is 2.18. The van der Waals surface area contributed by atoms with Crippen molar-refractivity contribution in [2.45, 2.75) is 12.8 Å². The maximum atomic E-state index is 3.13. The second-order valence-corrected chi connectivity index (χ2v) is 2.00. The van der Waals surface area contributed by atoms with Crippen LogP contribution >= 0.6 is 0 Å².